The second kappa shape index (κ2) is 9.88. The van der Waals surface area contributed by atoms with Crippen molar-refractivity contribution < 1.29 is 13.9 Å². The van der Waals surface area contributed by atoms with Gasteiger partial charge in [-0.2, -0.15) is 5.26 Å². The molecule has 0 fully saturated rings. The van der Waals surface area contributed by atoms with Crippen molar-refractivity contribution >= 4 is 22.7 Å². The number of anilines is 1. The standard InChI is InChI=1S/C30H23N3O4/c1-19-16-26(35)33(28-22(19)14-9-15-24(28)36-2)18-25(34)32-30-23(17-31)27(20-10-5-3-6-11-20)29(37-30)21-12-7-4-8-13-21/h3-16H,18H2,1-2H3,(H,32,34). The molecule has 5 rings (SSSR count). The van der Waals surface area contributed by atoms with E-state index < -0.39 is 5.91 Å². The topological polar surface area (TPSA) is 97.3 Å². The fraction of sp³-hybridized carbons (Fsp3) is 0.100. The van der Waals surface area contributed by atoms with E-state index in [4.69, 9.17) is 9.15 Å². The minimum absolute atomic E-state index is 0.0293. The first-order valence-corrected chi connectivity index (χ1v) is 11.7. The van der Waals surface area contributed by atoms with E-state index in [-0.39, 0.29) is 23.6 Å². The summed E-state index contributed by atoms with van der Waals surface area (Å²) >= 11 is 0. The molecule has 0 spiro atoms. The number of pyridine rings is 1. The van der Waals surface area contributed by atoms with Crippen molar-refractivity contribution in [1.29, 1.82) is 5.26 Å². The Morgan fingerprint density at radius 3 is 2.32 bits per heavy atom. The van der Waals surface area contributed by atoms with E-state index >= 15 is 0 Å². The van der Waals surface area contributed by atoms with Crippen LogP contribution in [0, 0.1) is 18.3 Å². The van der Waals surface area contributed by atoms with Gasteiger partial charge in [0.05, 0.1) is 12.6 Å². The number of hydrogen-bond donors (Lipinski definition) is 1. The van der Waals surface area contributed by atoms with Gasteiger partial charge in [0, 0.05) is 22.6 Å². The zero-order valence-electron chi connectivity index (χ0n) is 20.3. The van der Waals surface area contributed by atoms with Crippen LogP contribution >= 0.6 is 0 Å². The van der Waals surface area contributed by atoms with Crippen molar-refractivity contribution in [1.82, 2.24) is 4.57 Å². The maximum atomic E-state index is 13.2. The molecule has 7 nitrogen and oxygen atoms in total. The molecule has 1 N–H and O–H groups in total. The van der Waals surface area contributed by atoms with Crippen LogP contribution in [0.1, 0.15) is 11.1 Å². The zero-order valence-corrected chi connectivity index (χ0v) is 20.3. The predicted octanol–water partition coefficient (Wildman–Crippen LogP) is 5.76. The van der Waals surface area contributed by atoms with Crippen LogP contribution in [0.25, 0.3) is 33.4 Å². The van der Waals surface area contributed by atoms with Gasteiger partial charge in [-0.05, 0) is 24.1 Å². The van der Waals surface area contributed by atoms with Crippen molar-refractivity contribution in [3.63, 3.8) is 0 Å². The number of aryl methyl sites for hydroxylation is 1. The maximum absolute atomic E-state index is 13.2. The van der Waals surface area contributed by atoms with E-state index in [9.17, 15) is 14.9 Å². The molecule has 0 radical (unpaired) electrons. The number of para-hydroxylation sites is 1. The fourth-order valence-corrected chi connectivity index (χ4v) is 4.50. The molecule has 3 aromatic carbocycles. The number of nitrogens with zero attached hydrogens (tertiary/aromatic N) is 2. The third kappa shape index (κ3) is 4.37. The quantitative estimate of drug-likeness (QED) is 0.327. The molecule has 0 bridgehead atoms. The van der Waals surface area contributed by atoms with Crippen LogP contribution in [0.15, 0.2) is 94.1 Å². The molecule has 0 aliphatic carbocycles. The van der Waals surface area contributed by atoms with Crippen LogP contribution in [0.3, 0.4) is 0 Å². The number of ether oxygens (including phenoxy) is 1. The smallest absolute Gasteiger partial charge is 0.251 e. The number of aromatic nitrogens is 1. The van der Waals surface area contributed by atoms with Crippen molar-refractivity contribution in [2.75, 3.05) is 12.4 Å². The van der Waals surface area contributed by atoms with Crippen LogP contribution in [-0.2, 0) is 11.3 Å². The molecule has 182 valence electrons. The highest BCUT2D eigenvalue weighted by Crippen LogP contribution is 2.41. The highest BCUT2D eigenvalue weighted by molar-refractivity contribution is 5.96. The SMILES string of the molecule is COc1cccc2c(C)cc(=O)n(CC(=O)Nc3oc(-c4ccccc4)c(-c4ccccc4)c3C#N)c12. The number of nitriles is 1. The number of carbonyl (C=O) groups is 1. The predicted molar refractivity (Wildman–Crippen MR) is 142 cm³/mol. The number of furan rings is 1. The minimum Gasteiger partial charge on any atom is -0.495 e. The lowest BCUT2D eigenvalue weighted by Crippen LogP contribution is -2.28. The molecule has 0 saturated heterocycles. The Morgan fingerprint density at radius 2 is 1.68 bits per heavy atom. The van der Waals surface area contributed by atoms with Crippen molar-refractivity contribution in [2.24, 2.45) is 0 Å². The summed E-state index contributed by atoms with van der Waals surface area (Å²) in [5, 5.41) is 13.6. The van der Waals surface area contributed by atoms with E-state index in [1.807, 2.05) is 79.7 Å². The molecule has 0 aliphatic heterocycles. The lowest BCUT2D eigenvalue weighted by Gasteiger charge is -2.14. The van der Waals surface area contributed by atoms with Gasteiger partial charge >= 0.3 is 0 Å². The summed E-state index contributed by atoms with van der Waals surface area (Å²) < 4.78 is 12.9. The second-order valence-electron chi connectivity index (χ2n) is 8.51. The van der Waals surface area contributed by atoms with Crippen molar-refractivity contribution in [3.05, 3.63) is 106 Å². The summed E-state index contributed by atoms with van der Waals surface area (Å²) in [4.78, 5) is 26.2. The Kier molecular flexibility index (Phi) is 6.31. The van der Waals surface area contributed by atoms with Crippen LogP contribution in [-0.4, -0.2) is 17.6 Å². The molecule has 37 heavy (non-hydrogen) atoms. The Bertz CT molecular complexity index is 1710. The Labute approximate surface area is 213 Å². The monoisotopic (exact) mass is 489 g/mol. The van der Waals surface area contributed by atoms with Crippen LogP contribution < -0.4 is 15.6 Å². The highest BCUT2D eigenvalue weighted by Gasteiger charge is 2.24. The summed E-state index contributed by atoms with van der Waals surface area (Å²) in [6.07, 6.45) is 0. The largest absolute Gasteiger partial charge is 0.495 e. The summed E-state index contributed by atoms with van der Waals surface area (Å²) in [5.74, 6) is 0.474. The Hall–Kier alpha value is -5.09. The van der Waals surface area contributed by atoms with Crippen molar-refractivity contribution in [3.8, 4) is 34.3 Å². The molecule has 0 saturated carbocycles. The molecular formula is C30H23N3O4. The normalized spacial score (nSPS) is 10.7. The number of carbonyl (C=O) groups excluding carboxylic acids is 1. The Morgan fingerprint density at radius 1 is 1.00 bits per heavy atom. The molecule has 5 aromatic rings. The number of benzene rings is 3. The van der Waals surface area contributed by atoms with Crippen LogP contribution in [0.2, 0.25) is 0 Å². The summed E-state index contributed by atoms with van der Waals surface area (Å²) in [7, 11) is 1.52. The first-order valence-electron chi connectivity index (χ1n) is 11.7. The van der Waals surface area contributed by atoms with Gasteiger partial charge < -0.3 is 9.15 Å². The highest BCUT2D eigenvalue weighted by atomic mass is 16.5. The number of nitrogens with one attached hydrogen (secondary N) is 1. The first kappa shape index (κ1) is 23.6. The molecule has 0 atom stereocenters. The average Bonchev–Trinajstić information content (AvgIpc) is 3.29. The second-order valence-corrected chi connectivity index (χ2v) is 8.51. The molecule has 0 aliphatic rings. The van der Waals surface area contributed by atoms with Crippen LogP contribution in [0.4, 0.5) is 5.88 Å². The minimum atomic E-state index is -0.511. The maximum Gasteiger partial charge on any atom is 0.251 e. The van der Waals surface area contributed by atoms with E-state index in [1.54, 1.807) is 6.07 Å². The van der Waals surface area contributed by atoms with Gasteiger partial charge in [0.1, 0.15) is 29.7 Å². The van der Waals surface area contributed by atoms with Crippen molar-refractivity contribution in [2.45, 2.75) is 13.5 Å². The van der Waals surface area contributed by atoms with Gasteiger partial charge in [-0.15, -0.1) is 0 Å². The summed E-state index contributed by atoms with van der Waals surface area (Å²) in [6.45, 7) is 1.55. The zero-order chi connectivity index (χ0) is 25.9. The van der Waals surface area contributed by atoms with Gasteiger partial charge in [-0.1, -0.05) is 72.8 Å². The van der Waals surface area contributed by atoms with Gasteiger partial charge in [0.25, 0.3) is 5.56 Å². The third-order valence-corrected chi connectivity index (χ3v) is 6.19. The number of methoxy groups -OCH3 is 1. The number of rotatable bonds is 6. The fourth-order valence-electron chi connectivity index (χ4n) is 4.50. The lowest BCUT2D eigenvalue weighted by molar-refractivity contribution is -0.116. The van der Waals surface area contributed by atoms with Gasteiger partial charge in [0.2, 0.25) is 11.8 Å². The molecule has 7 heteroatoms. The lowest BCUT2D eigenvalue weighted by atomic mass is 9.98. The summed E-state index contributed by atoms with van der Waals surface area (Å²) in [6, 6.07) is 27.9. The van der Waals surface area contributed by atoms with E-state index in [2.05, 4.69) is 11.4 Å². The number of amides is 1. The first-order chi connectivity index (χ1) is 18.0. The molecule has 1 amide bonds. The number of fused-ring (bicyclic) bond motifs is 1. The van der Waals surface area contributed by atoms with E-state index in [0.717, 1.165) is 22.1 Å². The third-order valence-electron chi connectivity index (χ3n) is 6.19. The number of hydrogen-bond acceptors (Lipinski definition) is 5. The molecule has 0 unspecified atom stereocenters. The van der Waals surface area contributed by atoms with Gasteiger partial charge in [-0.25, -0.2) is 0 Å². The average molecular weight is 490 g/mol. The molecular weight excluding hydrogens is 466 g/mol. The van der Waals surface area contributed by atoms with E-state index in [1.165, 1.54) is 17.7 Å². The molecule has 2 aromatic heterocycles. The van der Waals surface area contributed by atoms with E-state index in [0.29, 0.717) is 22.6 Å². The molecule has 2 heterocycles. The Balaban J connectivity index is 1.58. The van der Waals surface area contributed by atoms with Gasteiger partial charge in [0.15, 0.2) is 0 Å². The van der Waals surface area contributed by atoms with Crippen LogP contribution in [0.5, 0.6) is 5.75 Å². The van der Waals surface area contributed by atoms with Gasteiger partial charge in [-0.3, -0.25) is 19.5 Å². The summed E-state index contributed by atoms with van der Waals surface area (Å²) in [5.41, 5.74) is 3.32.